The Morgan fingerprint density at radius 3 is 2.19 bits per heavy atom. The van der Waals surface area contributed by atoms with E-state index in [2.05, 4.69) is 37.7 Å². The quantitative estimate of drug-likeness (QED) is 0.695. The predicted octanol–water partition coefficient (Wildman–Crippen LogP) is 2.22. The molecule has 0 saturated heterocycles. The molecule has 21 heavy (non-hydrogen) atoms. The second-order valence-electron chi connectivity index (χ2n) is 6.82. The van der Waals surface area contributed by atoms with E-state index in [1.165, 1.54) is 12.8 Å². The van der Waals surface area contributed by atoms with Crippen molar-refractivity contribution in [3.8, 4) is 0 Å². The van der Waals surface area contributed by atoms with Crippen LogP contribution in [-0.2, 0) is 6.54 Å². The van der Waals surface area contributed by atoms with Gasteiger partial charge in [-0.3, -0.25) is 4.68 Å². The molecule has 1 rings (SSSR count). The fraction of sp³-hybridized carbons (Fsp3) is 0.812. The average Bonchev–Trinajstić information content (AvgIpc) is 2.77. The zero-order valence-electron chi connectivity index (χ0n) is 14.0. The maximum absolute atomic E-state index is 10.3. The summed E-state index contributed by atoms with van der Waals surface area (Å²) in [5.41, 5.74) is 6.28. The van der Waals surface area contributed by atoms with Crippen molar-refractivity contribution in [2.75, 3.05) is 25.4 Å². The summed E-state index contributed by atoms with van der Waals surface area (Å²) < 4.78 is 1.71. The van der Waals surface area contributed by atoms with Gasteiger partial charge in [0.05, 0.1) is 24.5 Å². The molecule has 1 heterocycles. The monoisotopic (exact) mass is 296 g/mol. The Morgan fingerprint density at radius 1 is 1.19 bits per heavy atom. The molecule has 0 aromatic carbocycles. The van der Waals surface area contributed by atoms with E-state index in [0.717, 1.165) is 13.1 Å². The number of nitrogens with zero attached hydrogens (tertiary/aromatic N) is 3. The zero-order chi connectivity index (χ0) is 15.8. The second kappa shape index (κ2) is 9.05. The zero-order valence-corrected chi connectivity index (χ0v) is 14.0. The van der Waals surface area contributed by atoms with Crippen LogP contribution in [0.25, 0.3) is 0 Å². The van der Waals surface area contributed by atoms with Crippen LogP contribution in [0.15, 0.2) is 12.4 Å². The van der Waals surface area contributed by atoms with E-state index < -0.39 is 6.10 Å². The first kappa shape index (κ1) is 18.0. The van der Waals surface area contributed by atoms with Crippen molar-refractivity contribution in [1.82, 2.24) is 14.7 Å². The van der Waals surface area contributed by atoms with Gasteiger partial charge in [0.25, 0.3) is 0 Å². The van der Waals surface area contributed by atoms with Gasteiger partial charge in [-0.15, -0.1) is 0 Å². The van der Waals surface area contributed by atoms with Crippen LogP contribution < -0.4 is 5.73 Å². The van der Waals surface area contributed by atoms with Crippen LogP contribution in [0.2, 0.25) is 0 Å². The van der Waals surface area contributed by atoms with Crippen molar-refractivity contribution in [2.45, 2.75) is 53.2 Å². The third-order valence-corrected chi connectivity index (χ3v) is 3.57. The highest BCUT2D eigenvalue weighted by atomic mass is 16.3. The van der Waals surface area contributed by atoms with Gasteiger partial charge in [-0.25, -0.2) is 0 Å². The van der Waals surface area contributed by atoms with Gasteiger partial charge in [0.1, 0.15) is 0 Å². The fourth-order valence-electron chi connectivity index (χ4n) is 2.23. The van der Waals surface area contributed by atoms with Gasteiger partial charge in [-0.05, 0) is 37.8 Å². The van der Waals surface area contributed by atoms with Crippen LogP contribution in [0, 0.1) is 11.8 Å². The van der Waals surface area contributed by atoms with Crippen LogP contribution in [0.5, 0.6) is 0 Å². The lowest BCUT2D eigenvalue weighted by Crippen LogP contribution is -2.37. The topological polar surface area (TPSA) is 67.3 Å². The van der Waals surface area contributed by atoms with Gasteiger partial charge in [-0.2, -0.15) is 5.10 Å². The molecule has 1 atom stereocenters. The molecule has 1 aromatic rings. The first-order valence-electron chi connectivity index (χ1n) is 8.05. The lowest BCUT2D eigenvalue weighted by Gasteiger charge is -2.26. The standard InChI is InChI=1S/C16H32N4O/c1-13(2)5-7-19(8-6-14(3)4)11-16(21)12-20-10-15(17)9-18-20/h9-10,13-14,16,21H,5-8,11-12,17H2,1-4H3. The van der Waals surface area contributed by atoms with Crippen molar-refractivity contribution in [3.05, 3.63) is 12.4 Å². The minimum Gasteiger partial charge on any atom is -0.396 e. The van der Waals surface area contributed by atoms with Gasteiger partial charge in [0.2, 0.25) is 0 Å². The van der Waals surface area contributed by atoms with Gasteiger partial charge >= 0.3 is 0 Å². The molecule has 0 aliphatic heterocycles. The minimum atomic E-state index is -0.413. The van der Waals surface area contributed by atoms with E-state index in [9.17, 15) is 5.11 Å². The van der Waals surface area contributed by atoms with E-state index in [-0.39, 0.29) is 0 Å². The summed E-state index contributed by atoms with van der Waals surface area (Å²) in [5.74, 6) is 1.38. The SMILES string of the molecule is CC(C)CCN(CCC(C)C)CC(O)Cn1cc(N)cn1. The molecule has 122 valence electrons. The molecule has 0 amide bonds. The van der Waals surface area contributed by atoms with Crippen LogP contribution >= 0.6 is 0 Å². The van der Waals surface area contributed by atoms with Crippen molar-refractivity contribution in [1.29, 1.82) is 0 Å². The summed E-state index contributed by atoms with van der Waals surface area (Å²) in [6.45, 7) is 12.2. The number of aliphatic hydroxyl groups excluding tert-OH is 1. The molecule has 0 radical (unpaired) electrons. The molecule has 5 heteroatoms. The highest BCUT2D eigenvalue weighted by Crippen LogP contribution is 2.08. The molecule has 1 unspecified atom stereocenters. The predicted molar refractivity (Wildman–Crippen MR) is 88.0 cm³/mol. The number of aliphatic hydroxyl groups is 1. The van der Waals surface area contributed by atoms with Gasteiger partial charge in [0, 0.05) is 12.7 Å². The van der Waals surface area contributed by atoms with Gasteiger partial charge in [0.15, 0.2) is 0 Å². The van der Waals surface area contributed by atoms with Crippen molar-refractivity contribution >= 4 is 5.69 Å². The Hall–Kier alpha value is -1.07. The molecule has 0 fully saturated rings. The number of hydrogen-bond donors (Lipinski definition) is 2. The summed E-state index contributed by atoms with van der Waals surface area (Å²) in [5, 5.41) is 14.4. The van der Waals surface area contributed by atoms with Crippen LogP contribution in [0.1, 0.15) is 40.5 Å². The Bertz CT molecular complexity index is 377. The Kier molecular flexibility index (Phi) is 7.75. The lowest BCUT2D eigenvalue weighted by molar-refractivity contribution is 0.0900. The first-order chi connectivity index (χ1) is 9.86. The fourth-order valence-corrected chi connectivity index (χ4v) is 2.23. The highest BCUT2D eigenvalue weighted by molar-refractivity contribution is 5.30. The maximum atomic E-state index is 10.3. The number of rotatable bonds is 10. The van der Waals surface area contributed by atoms with E-state index in [1.807, 2.05) is 0 Å². The molecule has 5 nitrogen and oxygen atoms in total. The summed E-state index contributed by atoms with van der Waals surface area (Å²) in [7, 11) is 0. The minimum absolute atomic E-state index is 0.413. The number of nitrogens with two attached hydrogens (primary N) is 1. The number of aromatic nitrogens is 2. The van der Waals surface area contributed by atoms with Crippen molar-refractivity contribution < 1.29 is 5.11 Å². The van der Waals surface area contributed by atoms with Crippen LogP contribution in [0.3, 0.4) is 0 Å². The summed E-state index contributed by atoms with van der Waals surface area (Å²) in [4.78, 5) is 2.37. The Labute approximate surface area is 129 Å². The number of anilines is 1. The molecule has 0 spiro atoms. The molecule has 0 saturated carbocycles. The molecule has 1 aromatic heterocycles. The molecular weight excluding hydrogens is 264 g/mol. The lowest BCUT2D eigenvalue weighted by atomic mass is 10.1. The summed E-state index contributed by atoms with van der Waals surface area (Å²) >= 11 is 0. The van der Waals surface area contributed by atoms with E-state index in [1.54, 1.807) is 17.1 Å². The maximum Gasteiger partial charge on any atom is 0.0862 e. The van der Waals surface area contributed by atoms with Gasteiger partial charge in [-0.1, -0.05) is 27.7 Å². The molecule has 0 aliphatic carbocycles. The van der Waals surface area contributed by atoms with E-state index >= 15 is 0 Å². The van der Waals surface area contributed by atoms with Crippen LogP contribution in [0.4, 0.5) is 5.69 Å². The Balaban J connectivity index is 2.44. The number of nitrogen functional groups attached to an aromatic ring is 1. The second-order valence-corrected chi connectivity index (χ2v) is 6.82. The van der Waals surface area contributed by atoms with Gasteiger partial charge < -0.3 is 15.7 Å². The first-order valence-corrected chi connectivity index (χ1v) is 8.05. The van der Waals surface area contributed by atoms with E-state index in [4.69, 9.17) is 5.73 Å². The summed E-state index contributed by atoms with van der Waals surface area (Å²) in [6.07, 6.45) is 5.29. The summed E-state index contributed by atoms with van der Waals surface area (Å²) in [6, 6.07) is 0. The number of hydrogen-bond acceptors (Lipinski definition) is 4. The third-order valence-electron chi connectivity index (χ3n) is 3.57. The molecule has 3 N–H and O–H groups in total. The highest BCUT2D eigenvalue weighted by Gasteiger charge is 2.14. The normalized spacial score (nSPS) is 13.5. The van der Waals surface area contributed by atoms with E-state index in [0.29, 0.717) is 30.6 Å². The van der Waals surface area contributed by atoms with Crippen LogP contribution in [-0.4, -0.2) is 45.5 Å². The smallest absolute Gasteiger partial charge is 0.0862 e. The molecule has 0 bridgehead atoms. The largest absolute Gasteiger partial charge is 0.396 e. The molecule has 0 aliphatic rings. The average molecular weight is 296 g/mol. The third kappa shape index (κ3) is 8.07. The molecular formula is C16H32N4O. The van der Waals surface area contributed by atoms with Crippen molar-refractivity contribution in [2.24, 2.45) is 11.8 Å². The Morgan fingerprint density at radius 2 is 1.76 bits per heavy atom. The van der Waals surface area contributed by atoms with Crippen molar-refractivity contribution in [3.63, 3.8) is 0 Å².